The van der Waals surface area contributed by atoms with E-state index in [2.05, 4.69) is 45.1 Å². The fourth-order valence-electron chi connectivity index (χ4n) is 5.67. The molecule has 0 atom stereocenters. The minimum Gasteiger partial charge on any atom is -0.497 e. The van der Waals surface area contributed by atoms with E-state index < -0.39 is 0 Å². The van der Waals surface area contributed by atoms with Gasteiger partial charge >= 0.3 is 0 Å². The highest BCUT2D eigenvalue weighted by Crippen LogP contribution is 2.38. The molecule has 5 rings (SSSR count). The lowest BCUT2D eigenvalue weighted by Crippen LogP contribution is -2.44. The maximum Gasteiger partial charge on any atom is 0.270 e. The van der Waals surface area contributed by atoms with Crippen molar-refractivity contribution in [3.63, 3.8) is 0 Å². The number of methoxy groups -OCH3 is 1. The molecule has 0 bridgehead atoms. The number of rotatable bonds is 7. The molecule has 0 unspecified atom stereocenters. The summed E-state index contributed by atoms with van der Waals surface area (Å²) in [4.78, 5) is 22.2. The SMILES string of the molecule is COc1cccc(N(CC2CC2)[C@H]2CC[C@H](N(C)c3c(C#N)c(=O)n(C)c4ccc(C#N)nc34)CC2)c1. The van der Waals surface area contributed by atoms with Gasteiger partial charge in [0, 0.05) is 44.5 Å². The van der Waals surface area contributed by atoms with E-state index in [1.165, 1.54) is 23.1 Å². The summed E-state index contributed by atoms with van der Waals surface area (Å²) in [6.45, 7) is 1.07. The largest absolute Gasteiger partial charge is 0.497 e. The van der Waals surface area contributed by atoms with Crippen LogP contribution in [0.15, 0.2) is 41.2 Å². The number of pyridine rings is 2. The number of benzene rings is 1. The third-order valence-electron chi connectivity index (χ3n) is 7.99. The Bertz CT molecular complexity index is 1450. The van der Waals surface area contributed by atoms with E-state index in [4.69, 9.17) is 4.74 Å². The van der Waals surface area contributed by atoms with Crippen LogP contribution in [0.4, 0.5) is 11.4 Å². The summed E-state index contributed by atoms with van der Waals surface area (Å²) >= 11 is 0. The smallest absolute Gasteiger partial charge is 0.270 e. The molecule has 2 aliphatic rings. The topological polar surface area (TPSA) is 98.2 Å². The van der Waals surface area contributed by atoms with Gasteiger partial charge in [-0.15, -0.1) is 0 Å². The number of nitriles is 2. The lowest BCUT2D eigenvalue weighted by Gasteiger charge is -2.41. The maximum atomic E-state index is 13.0. The van der Waals surface area contributed by atoms with Gasteiger partial charge in [-0.1, -0.05) is 6.07 Å². The first-order chi connectivity index (χ1) is 17.9. The molecule has 0 saturated heterocycles. The van der Waals surface area contributed by atoms with Crippen LogP contribution in [0.3, 0.4) is 0 Å². The Labute approximate surface area is 217 Å². The minimum atomic E-state index is -0.342. The van der Waals surface area contributed by atoms with Crippen LogP contribution in [0.25, 0.3) is 11.0 Å². The van der Waals surface area contributed by atoms with Crippen LogP contribution >= 0.6 is 0 Å². The van der Waals surface area contributed by atoms with Gasteiger partial charge in [-0.05, 0) is 68.7 Å². The number of nitrogens with zero attached hydrogens (tertiary/aromatic N) is 6. The zero-order valence-electron chi connectivity index (χ0n) is 21.6. The minimum absolute atomic E-state index is 0.0777. The number of hydrogen-bond acceptors (Lipinski definition) is 7. The number of aryl methyl sites for hydroxylation is 1. The predicted octanol–water partition coefficient (Wildman–Crippen LogP) is 4.35. The van der Waals surface area contributed by atoms with Crippen molar-refractivity contribution in [3.8, 4) is 17.9 Å². The van der Waals surface area contributed by atoms with Gasteiger partial charge in [0.05, 0.1) is 18.3 Å². The van der Waals surface area contributed by atoms with Crippen molar-refractivity contribution in [1.29, 1.82) is 10.5 Å². The van der Waals surface area contributed by atoms with Gasteiger partial charge in [-0.3, -0.25) is 4.79 Å². The Hall–Kier alpha value is -4.04. The Balaban J connectivity index is 1.43. The molecule has 2 heterocycles. The molecule has 1 aromatic carbocycles. The molecule has 8 heteroatoms. The fraction of sp³-hybridized carbons (Fsp3) is 0.448. The van der Waals surface area contributed by atoms with Crippen molar-refractivity contribution in [1.82, 2.24) is 9.55 Å². The number of ether oxygens (including phenoxy) is 1. The highest BCUT2D eigenvalue weighted by Gasteiger charge is 2.33. The highest BCUT2D eigenvalue weighted by molar-refractivity contribution is 5.92. The van der Waals surface area contributed by atoms with Crippen molar-refractivity contribution in [3.05, 3.63) is 58.0 Å². The van der Waals surface area contributed by atoms with Crippen LogP contribution in [0, 0.1) is 28.6 Å². The average molecular weight is 497 g/mol. The van der Waals surface area contributed by atoms with E-state index in [9.17, 15) is 15.3 Å². The third kappa shape index (κ3) is 4.72. The van der Waals surface area contributed by atoms with Gasteiger partial charge in [0.25, 0.3) is 5.56 Å². The van der Waals surface area contributed by atoms with E-state index in [1.807, 2.05) is 13.1 Å². The predicted molar refractivity (Wildman–Crippen MR) is 144 cm³/mol. The molecule has 8 nitrogen and oxygen atoms in total. The van der Waals surface area contributed by atoms with Gasteiger partial charge in [-0.2, -0.15) is 10.5 Å². The van der Waals surface area contributed by atoms with Crippen LogP contribution < -0.4 is 20.1 Å². The Kier molecular flexibility index (Phi) is 6.76. The summed E-state index contributed by atoms with van der Waals surface area (Å²) in [6.07, 6.45) is 6.49. The first kappa shape index (κ1) is 24.6. The van der Waals surface area contributed by atoms with Crippen molar-refractivity contribution in [2.45, 2.75) is 50.6 Å². The maximum absolute atomic E-state index is 13.0. The molecule has 0 aliphatic heterocycles. The molecule has 3 aromatic rings. The molecule has 2 aromatic heterocycles. The molecule has 190 valence electrons. The monoisotopic (exact) mass is 496 g/mol. The first-order valence-corrected chi connectivity index (χ1v) is 12.9. The van der Waals surface area contributed by atoms with Gasteiger partial charge in [0.1, 0.15) is 34.7 Å². The van der Waals surface area contributed by atoms with Crippen LogP contribution in [-0.2, 0) is 7.05 Å². The summed E-state index contributed by atoms with van der Waals surface area (Å²) in [5, 5.41) is 19.4. The molecule has 0 N–H and O–H groups in total. The van der Waals surface area contributed by atoms with Crippen molar-refractivity contribution >= 4 is 22.4 Å². The second-order valence-electron chi connectivity index (χ2n) is 10.2. The van der Waals surface area contributed by atoms with Gasteiger partial charge < -0.3 is 19.1 Å². The molecule has 0 radical (unpaired) electrons. The molecule has 2 fully saturated rings. The second kappa shape index (κ2) is 10.1. The van der Waals surface area contributed by atoms with Crippen LogP contribution in [-0.4, -0.2) is 42.3 Å². The number of aromatic nitrogens is 2. The molecular formula is C29H32N6O2. The zero-order valence-corrected chi connectivity index (χ0v) is 21.6. The van der Waals surface area contributed by atoms with Crippen LogP contribution in [0.1, 0.15) is 49.8 Å². The van der Waals surface area contributed by atoms with Crippen molar-refractivity contribution < 1.29 is 4.74 Å². The third-order valence-corrected chi connectivity index (χ3v) is 7.99. The van der Waals surface area contributed by atoms with E-state index in [-0.39, 0.29) is 22.9 Å². The second-order valence-corrected chi connectivity index (χ2v) is 10.2. The summed E-state index contributed by atoms with van der Waals surface area (Å²) in [7, 11) is 5.29. The summed E-state index contributed by atoms with van der Waals surface area (Å²) in [5.41, 5.74) is 2.88. The standard InChI is InChI=1S/C29H32N6O2/c1-33(28-25(17-31)29(36)34(2)26-14-9-20(16-30)32-27(26)28)21-10-12-22(13-11-21)35(18-19-7-8-19)23-5-4-6-24(15-23)37-3/h4-6,9,14-15,19,21-22H,7-8,10-13,18H2,1-3H3/t21-,22-. The highest BCUT2D eigenvalue weighted by atomic mass is 16.5. The van der Waals surface area contributed by atoms with E-state index >= 15 is 0 Å². The quantitative estimate of drug-likeness (QED) is 0.480. The molecule has 2 saturated carbocycles. The molecule has 37 heavy (non-hydrogen) atoms. The normalized spacial score (nSPS) is 19.2. The molecule has 0 spiro atoms. The van der Waals surface area contributed by atoms with E-state index in [0.29, 0.717) is 22.8 Å². The van der Waals surface area contributed by atoms with E-state index in [0.717, 1.165) is 43.9 Å². The Morgan fingerprint density at radius 3 is 2.43 bits per heavy atom. The first-order valence-electron chi connectivity index (χ1n) is 12.9. The van der Waals surface area contributed by atoms with Crippen LogP contribution in [0.5, 0.6) is 5.75 Å². The fourth-order valence-corrected chi connectivity index (χ4v) is 5.67. The average Bonchev–Trinajstić information content (AvgIpc) is 3.77. The number of fused-ring (bicyclic) bond motifs is 1. The Morgan fingerprint density at radius 1 is 1.05 bits per heavy atom. The number of hydrogen-bond donors (Lipinski definition) is 0. The zero-order chi connectivity index (χ0) is 26.1. The molecule has 0 amide bonds. The lowest BCUT2D eigenvalue weighted by molar-refractivity contribution is 0.364. The van der Waals surface area contributed by atoms with Crippen molar-refractivity contribution in [2.75, 3.05) is 30.5 Å². The van der Waals surface area contributed by atoms with Gasteiger partial charge in [-0.25, -0.2) is 4.98 Å². The summed E-state index contributed by atoms with van der Waals surface area (Å²) < 4.78 is 6.93. The number of anilines is 2. The van der Waals surface area contributed by atoms with Crippen molar-refractivity contribution in [2.24, 2.45) is 13.0 Å². The van der Waals surface area contributed by atoms with Gasteiger partial charge in [0.15, 0.2) is 0 Å². The molecule has 2 aliphatic carbocycles. The van der Waals surface area contributed by atoms with E-state index in [1.54, 1.807) is 26.3 Å². The summed E-state index contributed by atoms with van der Waals surface area (Å²) in [5.74, 6) is 1.63. The van der Waals surface area contributed by atoms with Gasteiger partial charge in [0.2, 0.25) is 0 Å². The summed E-state index contributed by atoms with van der Waals surface area (Å²) in [6, 6.07) is 16.5. The van der Waals surface area contributed by atoms with Crippen LogP contribution in [0.2, 0.25) is 0 Å². The Morgan fingerprint density at radius 2 is 1.78 bits per heavy atom. The lowest BCUT2D eigenvalue weighted by atomic mass is 9.88. The molecular weight excluding hydrogens is 464 g/mol.